The molecule has 1 aliphatic heterocycles. The lowest BCUT2D eigenvalue weighted by Crippen LogP contribution is -2.55. The minimum atomic E-state index is -0.461. The van der Waals surface area contributed by atoms with Crippen molar-refractivity contribution in [1.29, 1.82) is 0 Å². The number of piperazine rings is 1. The van der Waals surface area contributed by atoms with Crippen molar-refractivity contribution in [2.24, 2.45) is 0 Å². The van der Waals surface area contributed by atoms with Gasteiger partial charge in [0.1, 0.15) is 0 Å². The molecule has 0 bridgehead atoms. The number of hydrogen-bond donors (Lipinski definition) is 2. The lowest BCUT2D eigenvalue weighted by atomic mass is 10.1. The van der Waals surface area contributed by atoms with Crippen molar-refractivity contribution >= 4 is 11.8 Å². The fourth-order valence-electron chi connectivity index (χ4n) is 2.66. The topological polar surface area (TPSA) is 79.9 Å². The molecule has 126 valence electrons. The van der Waals surface area contributed by atoms with Gasteiger partial charge in [-0.3, -0.25) is 14.5 Å². The van der Waals surface area contributed by atoms with E-state index in [0.29, 0.717) is 31.1 Å². The molecule has 0 spiro atoms. The number of carbonyl (C=O) groups is 2. The highest BCUT2D eigenvalue weighted by molar-refractivity contribution is 5.88. The first kappa shape index (κ1) is 17.1. The summed E-state index contributed by atoms with van der Waals surface area (Å²) in [6.45, 7) is 1.84. The van der Waals surface area contributed by atoms with E-state index in [2.05, 4.69) is 10.6 Å². The molecule has 0 aromatic heterocycles. The standard InChI is InChI=1S/C16H23N3O4/c1-17-15(20)9-12-16(21)18-6-7-19(12)10-11-4-5-13(22-2)14(8-11)23-3/h4-5,8,12H,6-7,9-10H2,1-3H3,(H,17,20)(H,18,21)/t12-/m1/s1. The Balaban J connectivity index is 2.15. The van der Waals surface area contributed by atoms with Crippen LogP contribution in [0.4, 0.5) is 0 Å². The number of ether oxygens (including phenoxy) is 2. The Hall–Kier alpha value is -2.28. The third-order valence-corrected chi connectivity index (χ3v) is 3.93. The first-order valence-electron chi connectivity index (χ1n) is 7.52. The molecule has 1 fully saturated rings. The molecule has 1 aromatic carbocycles. The minimum absolute atomic E-state index is 0.111. The van der Waals surface area contributed by atoms with Crippen molar-refractivity contribution < 1.29 is 19.1 Å². The minimum Gasteiger partial charge on any atom is -0.493 e. The monoisotopic (exact) mass is 321 g/mol. The van der Waals surface area contributed by atoms with Crippen LogP contribution in [0.1, 0.15) is 12.0 Å². The zero-order chi connectivity index (χ0) is 16.8. The number of hydrogen-bond acceptors (Lipinski definition) is 5. The first-order valence-corrected chi connectivity index (χ1v) is 7.52. The highest BCUT2D eigenvalue weighted by Crippen LogP contribution is 2.28. The molecule has 0 unspecified atom stereocenters. The third kappa shape index (κ3) is 4.13. The molecule has 1 saturated heterocycles. The predicted octanol–water partition coefficient (Wildman–Crippen LogP) is 0.140. The summed E-state index contributed by atoms with van der Waals surface area (Å²) >= 11 is 0. The molecule has 23 heavy (non-hydrogen) atoms. The number of methoxy groups -OCH3 is 2. The third-order valence-electron chi connectivity index (χ3n) is 3.93. The molecule has 1 aromatic rings. The van der Waals surface area contributed by atoms with E-state index in [-0.39, 0.29) is 18.2 Å². The second kappa shape index (κ2) is 7.82. The van der Waals surface area contributed by atoms with E-state index in [9.17, 15) is 9.59 Å². The maximum Gasteiger partial charge on any atom is 0.237 e. The highest BCUT2D eigenvalue weighted by atomic mass is 16.5. The SMILES string of the molecule is CNC(=O)C[C@@H]1C(=O)NCCN1Cc1ccc(OC)c(OC)c1. The molecule has 2 amide bonds. The number of nitrogens with one attached hydrogen (secondary N) is 2. The smallest absolute Gasteiger partial charge is 0.237 e. The Morgan fingerprint density at radius 1 is 1.35 bits per heavy atom. The zero-order valence-electron chi connectivity index (χ0n) is 13.7. The number of amides is 2. The average molecular weight is 321 g/mol. The van der Waals surface area contributed by atoms with Crippen molar-refractivity contribution in [1.82, 2.24) is 15.5 Å². The predicted molar refractivity (Wildman–Crippen MR) is 85.4 cm³/mol. The van der Waals surface area contributed by atoms with Gasteiger partial charge in [-0.1, -0.05) is 6.07 Å². The van der Waals surface area contributed by atoms with Crippen molar-refractivity contribution in [3.8, 4) is 11.5 Å². The maximum atomic E-state index is 12.1. The summed E-state index contributed by atoms with van der Waals surface area (Å²) in [5.74, 6) is 1.05. The van der Waals surface area contributed by atoms with Gasteiger partial charge in [0.15, 0.2) is 11.5 Å². The van der Waals surface area contributed by atoms with Gasteiger partial charge in [-0.25, -0.2) is 0 Å². The van der Waals surface area contributed by atoms with Crippen LogP contribution in [0.3, 0.4) is 0 Å². The van der Waals surface area contributed by atoms with Gasteiger partial charge in [-0.05, 0) is 17.7 Å². The van der Waals surface area contributed by atoms with Gasteiger partial charge in [-0.15, -0.1) is 0 Å². The maximum absolute atomic E-state index is 12.1. The van der Waals surface area contributed by atoms with E-state index in [0.717, 1.165) is 5.56 Å². The zero-order valence-corrected chi connectivity index (χ0v) is 13.7. The second-order valence-corrected chi connectivity index (χ2v) is 5.34. The second-order valence-electron chi connectivity index (χ2n) is 5.34. The van der Waals surface area contributed by atoms with Crippen molar-refractivity contribution in [3.05, 3.63) is 23.8 Å². The van der Waals surface area contributed by atoms with Crippen molar-refractivity contribution in [3.63, 3.8) is 0 Å². The Kier molecular flexibility index (Phi) is 5.81. The average Bonchev–Trinajstić information content (AvgIpc) is 2.57. The largest absolute Gasteiger partial charge is 0.493 e. The van der Waals surface area contributed by atoms with Crippen LogP contribution in [-0.4, -0.2) is 57.1 Å². The molecule has 1 aliphatic rings. The van der Waals surface area contributed by atoms with Crippen LogP contribution in [0.15, 0.2) is 18.2 Å². The van der Waals surface area contributed by atoms with E-state index in [1.54, 1.807) is 21.3 Å². The first-order chi connectivity index (χ1) is 11.1. The normalized spacial score (nSPS) is 18.2. The summed E-state index contributed by atoms with van der Waals surface area (Å²) in [7, 11) is 4.75. The molecule has 2 N–H and O–H groups in total. The number of nitrogens with zero attached hydrogens (tertiary/aromatic N) is 1. The Labute approximate surface area is 135 Å². The van der Waals surface area contributed by atoms with Crippen molar-refractivity contribution in [2.75, 3.05) is 34.4 Å². The van der Waals surface area contributed by atoms with Crippen LogP contribution in [0.2, 0.25) is 0 Å². The molecule has 7 heteroatoms. The number of benzene rings is 1. The Morgan fingerprint density at radius 3 is 2.74 bits per heavy atom. The summed E-state index contributed by atoms with van der Waals surface area (Å²) in [5.41, 5.74) is 0.999. The van der Waals surface area contributed by atoms with E-state index < -0.39 is 6.04 Å². The molecule has 0 aliphatic carbocycles. The van der Waals surface area contributed by atoms with E-state index >= 15 is 0 Å². The molecule has 7 nitrogen and oxygen atoms in total. The fraction of sp³-hybridized carbons (Fsp3) is 0.500. The molecule has 0 radical (unpaired) electrons. The Morgan fingerprint density at radius 2 is 2.09 bits per heavy atom. The molecular formula is C16H23N3O4. The van der Waals surface area contributed by atoms with Crippen LogP contribution >= 0.6 is 0 Å². The van der Waals surface area contributed by atoms with E-state index in [4.69, 9.17) is 9.47 Å². The molecule has 1 heterocycles. The van der Waals surface area contributed by atoms with Crippen LogP contribution in [-0.2, 0) is 16.1 Å². The van der Waals surface area contributed by atoms with Gasteiger partial charge in [0.2, 0.25) is 11.8 Å². The molecule has 2 rings (SSSR count). The van der Waals surface area contributed by atoms with Crippen LogP contribution in [0.25, 0.3) is 0 Å². The lowest BCUT2D eigenvalue weighted by molar-refractivity contribution is -0.134. The van der Waals surface area contributed by atoms with Gasteiger partial charge in [0.25, 0.3) is 0 Å². The van der Waals surface area contributed by atoms with Crippen LogP contribution < -0.4 is 20.1 Å². The summed E-state index contributed by atoms with van der Waals surface area (Å²) in [6.07, 6.45) is 0.148. The fourth-order valence-corrected chi connectivity index (χ4v) is 2.66. The number of rotatable bonds is 6. The summed E-state index contributed by atoms with van der Waals surface area (Å²) < 4.78 is 10.5. The number of carbonyl (C=O) groups excluding carboxylic acids is 2. The quantitative estimate of drug-likeness (QED) is 0.779. The molecule has 1 atom stereocenters. The van der Waals surface area contributed by atoms with Gasteiger partial charge >= 0.3 is 0 Å². The van der Waals surface area contributed by atoms with Gasteiger partial charge in [-0.2, -0.15) is 0 Å². The lowest BCUT2D eigenvalue weighted by Gasteiger charge is -2.34. The summed E-state index contributed by atoms with van der Waals surface area (Å²) in [6, 6.07) is 5.20. The highest BCUT2D eigenvalue weighted by Gasteiger charge is 2.31. The van der Waals surface area contributed by atoms with E-state index in [1.807, 2.05) is 23.1 Å². The Bertz CT molecular complexity index is 576. The summed E-state index contributed by atoms with van der Waals surface area (Å²) in [5, 5.41) is 5.38. The van der Waals surface area contributed by atoms with Gasteiger partial charge < -0.3 is 20.1 Å². The van der Waals surface area contributed by atoms with Gasteiger partial charge in [0.05, 0.1) is 26.7 Å². The van der Waals surface area contributed by atoms with Gasteiger partial charge in [0, 0.05) is 26.7 Å². The summed E-state index contributed by atoms with van der Waals surface area (Å²) in [4.78, 5) is 25.8. The van der Waals surface area contributed by atoms with E-state index in [1.165, 1.54) is 0 Å². The molecular weight excluding hydrogens is 298 g/mol. The molecule has 0 saturated carbocycles. The van der Waals surface area contributed by atoms with Crippen LogP contribution in [0, 0.1) is 0 Å². The van der Waals surface area contributed by atoms with Crippen molar-refractivity contribution in [2.45, 2.75) is 19.0 Å². The van der Waals surface area contributed by atoms with Crippen LogP contribution in [0.5, 0.6) is 11.5 Å².